The van der Waals surface area contributed by atoms with Crippen LogP contribution in [0.5, 0.6) is 0 Å². The van der Waals surface area contributed by atoms with Gasteiger partial charge < -0.3 is 10.6 Å². The number of benzene rings is 1. The third-order valence-corrected chi connectivity index (χ3v) is 4.01. The summed E-state index contributed by atoms with van der Waals surface area (Å²) >= 11 is 0. The predicted octanol–water partition coefficient (Wildman–Crippen LogP) is 3.15. The largest absolute Gasteiger partial charge is 0.357 e. The van der Waals surface area contributed by atoms with E-state index in [0.717, 1.165) is 44.7 Å². The van der Waals surface area contributed by atoms with Crippen molar-refractivity contribution < 1.29 is 0 Å². The molecule has 0 aromatic heterocycles. The highest BCUT2D eigenvalue weighted by Crippen LogP contribution is 2.25. The van der Waals surface area contributed by atoms with Gasteiger partial charge in [-0.05, 0) is 38.8 Å². The molecule has 0 bridgehead atoms. The van der Waals surface area contributed by atoms with Gasteiger partial charge in [-0.25, -0.2) is 4.99 Å². The molecule has 1 aromatic carbocycles. The van der Waals surface area contributed by atoms with Crippen molar-refractivity contribution in [2.45, 2.75) is 46.2 Å². The van der Waals surface area contributed by atoms with E-state index in [2.05, 4.69) is 65.6 Å². The van der Waals surface area contributed by atoms with E-state index < -0.39 is 0 Å². The van der Waals surface area contributed by atoms with Crippen molar-refractivity contribution in [2.24, 2.45) is 4.99 Å². The van der Waals surface area contributed by atoms with Gasteiger partial charge in [-0.2, -0.15) is 0 Å². The Labute approximate surface area is 158 Å². The van der Waals surface area contributed by atoms with E-state index >= 15 is 0 Å². The predicted molar refractivity (Wildman–Crippen MR) is 110 cm³/mol. The summed E-state index contributed by atoms with van der Waals surface area (Å²) in [7, 11) is 0. The molecule has 5 heteroatoms. The molecule has 0 unspecified atom stereocenters. The molecule has 23 heavy (non-hydrogen) atoms. The molecule has 2 rings (SSSR count). The van der Waals surface area contributed by atoms with Crippen LogP contribution in [-0.4, -0.2) is 43.1 Å². The minimum absolute atomic E-state index is 0. The fourth-order valence-electron chi connectivity index (χ4n) is 2.68. The Morgan fingerprint density at radius 1 is 1.26 bits per heavy atom. The van der Waals surface area contributed by atoms with Gasteiger partial charge in [0.05, 0.1) is 6.54 Å². The number of hydrogen-bond donors (Lipinski definition) is 2. The molecule has 1 aliphatic carbocycles. The van der Waals surface area contributed by atoms with Gasteiger partial charge in [0.15, 0.2) is 5.96 Å². The number of hydrogen-bond acceptors (Lipinski definition) is 2. The summed E-state index contributed by atoms with van der Waals surface area (Å²) < 4.78 is 0. The first-order chi connectivity index (χ1) is 10.7. The van der Waals surface area contributed by atoms with Crippen LogP contribution in [0.3, 0.4) is 0 Å². The average molecular weight is 430 g/mol. The zero-order valence-electron chi connectivity index (χ0n) is 14.6. The van der Waals surface area contributed by atoms with Crippen LogP contribution in [0.1, 0.15) is 37.8 Å². The van der Waals surface area contributed by atoms with Crippen LogP contribution in [0.2, 0.25) is 0 Å². The highest BCUT2D eigenvalue weighted by molar-refractivity contribution is 14.0. The lowest BCUT2D eigenvalue weighted by atomic mass is 10.1. The first-order valence-electron chi connectivity index (χ1n) is 8.54. The number of nitrogens with one attached hydrogen (secondary N) is 2. The van der Waals surface area contributed by atoms with Crippen molar-refractivity contribution in [3.05, 3.63) is 35.4 Å². The lowest BCUT2D eigenvalue weighted by Gasteiger charge is -2.20. The molecule has 0 radical (unpaired) electrons. The number of aliphatic imine (C=N–C) groups is 1. The smallest absolute Gasteiger partial charge is 0.191 e. The van der Waals surface area contributed by atoms with E-state index in [-0.39, 0.29) is 24.0 Å². The van der Waals surface area contributed by atoms with Gasteiger partial charge in [-0.1, -0.05) is 36.8 Å². The van der Waals surface area contributed by atoms with Gasteiger partial charge in [0.2, 0.25) is 0 Å². The molecule has 1 fully saturated rings. The quantitative estimate of drug-likeness (QED) is 0.378. The Kier molecular flexibility index (Phi) is 9.55. The molecule has 0 amide bonds. The van der Waals surface area contributed by atoms with Crippen LogP contribution in [0.15, 0.2) is 29.3 Å². The number of guanidine groups is 1. The van der Waals surface area contributed by atoms with Crippen molar-refractivity contribution in [3.8, 4) is 0 Å². The van der Waals surface area contributed by atoms with Crippen LogP contribution in [0, 0.1) is 6.92 Å². The summed E-state index contributed by atoms with van der Waals surface area (Å²) in [6.45, 7) is 11.3. The Balaban J connectivity index is 0.00000264. The van der Waals surface area contributed by atoms with Crippen molar-refractivity contribution in [3.63, 3.8) is 0 Å². The zero-order chi connectivity index (χ0) is 15.8. The first kappa shape index (κ1) is 20.2. The highest BCUT2D eigenvalue weighted by atomic mass is 127. The van der Waals surface area contributed by atoms with Gasteiger partial charge >= 0.3 is 0 Å². The Morgan fingerprint density at radius 2 is 2.04 bits per heavy atom. The summed E-state index contributed by atoms with van der Waals surface area (Å²) in [6.07, 6.45) is 2.74. The van der Waals surface area contributed by atoms with E-state index in [1.54, 1.807) is 0 Å². The maximum Gasteiger partial charge on any atom is 0.191 e. The molecule has 0 aliphatic heterocycles. The minimum atomic E-state index is 0. The molecule has 0 saturated heterocycles. The van der Waals surface area contributed by atoms with E-state index in [0.29, 0.717) is 0 Å². The second kappa shape index (κ2) is 10.9. The first-order valence-corrected chi connectivity index (χ1v) is 8.54. The third-order valence-electron chi connectivity index (χ3n) is 4.01. The summed E-state index contributed by atoms with van der Waals surface area (Å²) in [5.41, 5.74) is 2.54. The van der Waals surface area contributed by atoms with E-state index in [4.69, 9.17) is 0 Å². The second-order valence-electron chi connectivity index (χ2n) is 5.97. The summed E-state index contributed by atoms with van der Waals surface area (Å²) in [6, 6.07) is 9.37. The van der Waals surface area contributed by atoms with Crippen molar-refractivity contribution in [2.75, 3.05) is 26.2 Å². The summed E-state index contributed by atoms with van der Waals surface area (Å²) in [4.78, 5) is 7.24. The molecule has 2 N–H and O–H groups in total. The van der Waals surface area contributed by atoms with E-state index in [9.17, 15) is 0 Å². The van der Waals surface area contributed by atoms with Crippen LogP contribution >= 0.6 is 24.0 Å². The molecule has 1 aliphatic rings. The maximum atomic E-state index is 4.68. The van der Waals surface area contributed by atoms with Crippen molar-refractivity contribution >= 4 is 29.9 Å². The number of nitrogens with zero attached hydrogens (tertiary/aromatic N) is 2. The molecule has 4 nitrogen and oxygen atoms in total. The Morgan fingerprint density at radius 3 is 2.65 bits per heavy atom. The van der Waals surface area contributed by atoms with Gasteiger partial charge in [-0.15, -0.1) is 24.0 Å². The highest BCUT2D eigenvalue weighted by Gasteiger charge is 2.27. The Hall–Kier alpha value is -0.820. The lowest BCUT2D eigenvalue weighted by molar-refractivity contribution is 0.282. The van der Waals surface area contributed by atoms with Crippen LogP contribution < -0.4 is 10.6 Å². The van der Waals surface area contributed by atoms with Gasteiger partial charge in [0, 0.05) is 25.7 Å². The fourth-order valence-corrected chi connectivity index (χ4v) is 2.68. The normalized spacial score (nSPS) is 14.5. The van der Waals surface area contributed by atoms with E-state index in [1.807, 2.05) is 0 Å². The molecule has 1 aromatic rings. The second-order valence-corrected chi connectivity index (χ2v) is 5.97. The third kappa shape index (κ3) is 7.52. The average Bonchev–Trinajstić information content (AvgIpc) is 3.34. The monoisotopic (exact) mass is 430 g/mol. The molecular formula is C18H31IN4. The van der Waals surface area contributed by atoms with Crippen molar-refractivity contribution in [1.82, 2.24) is 15.5 Å². The van der Waals surface area contributed by atoms with Gasteiger partial charge in [-0.3, -0.25) is 4.90 Å². The molecule has 0 heterocycles. The summed E-state index contributed by atoms with van der Waals surface area (Å²) in [5.74, 6) is 0.913. The van der Waals surface area contributed by atoms with Crippen LogP contribution in [0.4, 0.5) is 0 Å². The molecule has 130 valence electrons. The number of aryl methyl sites for hydroxylation is 1. The lowest BCUT2D eigenvalue weighted by Crippen LogP contribution is -2.42. The fraction of sp³-hybridized carbons (Fsp3) is 0.611. The number of rotatable bonds is 8. The number of halogens is 1. The maximum absolute atomic E-state index is 4.68. The minimum Gasteiger partial charge on any atom is -0.357 e. The standard InChI is InChI=1S/C18H30N4.HI/c1-4-19-18(20-11-12-22(5-2)17-9-10-17)21-14-16-8-6-7-15(3)13-16;/h6-8,13,17H,4-5,9-12,14H2,1-3H3,(H2,19,20,21);1H. The van der Waals surface area contributed by atoms with Gasteiger partial charge in [0.25, 0.3) is 0 Å². The molecular weight excluding hydrogens is 399 g/mol. The zero-order valence-corrected chi connectivity index (χ0v) is 17.0. The van der Waals surface area contributed by atoms with Crippen LogP contribution in [0.25, 0.3) is 0 Å². The molecule has 0 spiro atoms. The summed E-state index contributed by atoms with van der Waals surface area (Å²) in [5, 5.41) is 6.77. The van der Waals surface area contributed by atoms with Crippen molar-refractivity contribution in [1.29, 1.82) is 0 Å². The topological polar surface area (TPSA) is 39.7 Å². The van der Waals surface area contributed by atoms with Crippen LogP contribution in [-0.2, 0) is 6.54 Å². The van der Waals surface area contributed by atoms with Gasteiger partial charge in [0.1, 0.15) is 0 Å². The Bertz CT molecular complexity index is 486. The molecule has 1 saturated carbocycles. The SMILES string of the molecule is CCNC(=NCc1cccc(C)c1)NCCN(CC)C1CC1.I. The molecule has 0 atom stereocenters. The number of likely N-dealkylation sites (N-methyl/N-ethyl adjacent to an activating group) is 1. The van der Waals surface area contributed by atoms with E-state index in [1.165, 1.54) is 24.0 Å².